The number of nitrogens with two attached hydrogens (primary N) is 1. The van der Waals surface area contributed by atoms with Crippen molar-refractivity contribution in [2.75, 3.05) is 13.1 Å². The van der Waals surface area contributed by atoms with Gasteiger partial charge in [0.25, 0.3) is 0 Å². The minimum Gasteiger partial charge on any atom is -0.370 e. The minimum atomic E-state index is -0.213. The second-order valence-electron chi connectivity index (χ2n) is 10.0. The number of amides is 2. The Morgan fingerprint density at radius 1 is 1.19 bits per heavy atom. The first-order valence-corrected chi connectivity index (χ1v) is 10.5. The van der Waals surface area contributed by atoms with Crippen LogP contribution in [0.4, 0.5) is 0 Å². The molecular formula is C23H30N2O2. The van der Waals surface area contributed by atoms with Gasteiger partial charge in [0.2, 0.25) is 11.8 Å². The van der Waals surface area contributed by atoms with Crippen molar-refractivity contribution in [1.29, 1.82) is 0 Å². The molecule has 2 amide bonds. The molecule has 144 valence electrons. The Morgan fingerprint density at radius 2 is 1.93 bits per heavy atom. The predicted octanol–water partition coefficient (Wildman–Crippen LogP) is 3.20. The fourth-order valence-electron chi connectivity index (χ4n) is 6.16. The van der Waals surface area contributed by atoms with E-state index in [9.17, 15) is 9.59 Å². The van der Waals surface area contributed by atoms with Crippen molar-refractivity contribution in [1.82, 2.24) is 4.90 Å². The molecule has 3 aliphatic carbocycles. The van der Waals surface area contributed by atoms with Gasteiger partial charge in [0, 0.05) is 30.8 Å². The Kier molecular flexibility index (Phi) is 3.57. The average Bonchev–Trinajstić information content (AvgIpc) is 3.43. The second kappa shape index (κ2) is 5.59. The second-order valence-corrected chi connectivity index (χ2v) is 10.0. The average molecular weight is 367 g/mol. The van der Waals surface area contributed by atoms with E-state index in [0.29, 0.717) is 30.1 Å². The zero-order chi connectivity index (χ0) is 19.0. The molecule has 1 saturated heterocycles. The Labute approximate surface area is 161 Å². The molecule has 4 nitrogen and oxygen atoms in total. The van der Waals surface area contributed by atoms with Crippen molar-refractivity contribution < 1.29 is 9.59 Å². The number of hydrogen-bond donors (Lipinski definition) is 1. The number of benzene rings is 1. The monoisotopic (exact) mass is 366 g/mol. The number of fused-ring (bicyclic) bond motifs is 2. The molecule has 5 atom stereocenters. The van der Waals surface area contributed by atoms with Crippen LogP contribution in [-0.2, 0) is 15.0 Å². The highest BCUT2D eigenvalue weighted by Gasteiger charge is 2.70. The summed E-state index contributed by atoms with van der Waals surface area (Å²) in [5.74, 6) is 2.08. The van der Waals surface area contributed by atoms with E-state index in [0.717, 1.165) is 32.4 Å². The number of carbonyl (C=O) groups is 2. The minimum absolute atomic E-state index is 0.204. The lowest BCUT2D eigenvalue weighted by atomic mass is 9.71. The zero-order valence-electron chi connectivity index (χ0n) is 16.4. The van der Waals surface area contributed by atoms with E-state index in [1.807, 2.05) is 0 Å². The van der Waals surface area contributed by atoms with Crippen molar-refractivity contribution in [2.45, 2.75) is 57.3 Å². The summed E-state index contributed by atoms with van der Waals surface area (Å²) in [6.07, 6.45) is 4.68. The Morgan fingerprint density at radius 3 is 2.56 bits per heavy atom. The maximum atomic E-state index is 13.1. The van der Waals surface area contributed by atoms with Gasteiger partial charge in [0.15, 0.2) is 0 Å². The number of likely N-dealkylation sites (tertiary alicyclic amines) is 1. The summed E-state index contributed by atoms with van der Waals surface area (Å²) in [5.41, 5.74) is 8.60. The van der Waals surface area contributed by atoms with Crippen LogP contribution in [0, 0.1) is 23.2 Å². The number of primary amides is 1. The molecular weight excluding hydrogens is 336 g/mol. The smallest absolute Gasteiger partial charge is 0.226 e. The summed E-state index contributed by atoms with van der Waals surface area (Å²) < 4.78 is 0. The molecule has 4 aliphatic rings. The fraction of sp³-hybridized carbons (Fsp3) is 0.652. The van der Waals surface area contributed by atoms with Gasteiger partial charge in [0.05, 0.1) is 0 Å². The molecule has 4 fully saturated rings. The lowest BCUT2D eigenvalue weighted by Crippen LogP contribution is -2.43. The summed E-state index contributed by atoms with van der Waals surface area (Å²) in [6.45, 7) is 6.28. The zero-order valence-corrected chi connectivity index (χ0v) is 16.4. The SMILES string of the molecule is CC(C)c1ccc(C23CC2CN(C(=O)[C@@H]2C[C@]4(CCC(N)=O)CC24)C3)cc1. The van der Waals surface area contributed by atoms with Gasteiger partial charge >= 0.3 is 0 Å². The van der Waals surface area contributed by atoms with Crippen LogP contribution < -0.4 is 5.73 Å². The van der Waals surface area contributed by atoms with Crippen LogP contribution in [0.5, 0.6) is 0 Å². The van der Waals surface area contributed by atoms with E-state index in [2.05, 4.69) is 43.0 Å². The quantitative estimate of drug-likeness (QED) is 0.840. The van der Waals surface area contributed by atoms with E-state index in [4.69, 9.17) is 5.73 Å². The summed E-state index contributed by atoms with van der Waals surface area (Å²) in [4.78, 5) is 26.3. The number of rotatable bonds is 6. The van der Waals surface area contributed by atoms with Gasteiger partial charge in [-0.3, -0.25) is 9.59 Å². The predicted molar refractivity (Wildman–Crippen MR) is 104 cm³/mol. The van der Waals surface area contributed by atoms with Crippen LogP contribution in [0.1, 0.15) is 63.0 Å². The third-order valence-corrected chi connectivity index (χ3v) is 8.16. The van der Waals surface area contributed by atoms with Crippen LogP contribution >= 0.6 is 0 Å². The molecule has 0 spiro atoms. The Bertz CT molecular complexity index is 801. The summed E-state index contributed by atoms with van der Waals surface area (Å²) >= 11 is 0. The van der Waals surface area contributed by atoms with E-state index in [1.54, 1.807) is 0 Å². The van der Waals surface area contributed by atoms with Crippen molar-refractivity contribution in [3.63, 3.8) is 0 Å². The largest absolute Gasteiger partial charge is 0.370 e. The number of piperidine rings is 1. The Balaban J connectivity index is 1.21. The molecule has 0 bridgehead atoms. The maximum absolute atomic E-state index is 13.1. The van der Waals surface area contributed by atoms with Crippen LogP contribution in [0.3, 0.4) is 0 Å². The highest BCUT2D eigenvalue weighted by Crippen LogP contribution is 2.73. The summed E-state index contributed by atoms with van der Waals surface area (Å²) in [6, 6.07) is 9.11. The molecule has 1 aromatic carbocycles. The number of nitrogens with zero attached hydrogens (tertiary/aromatic N) is 1. The normalized spacial score (nSPS) is 38.2. The molecule has 1 heterocycles. The molecule has 5 rings (SSSR count). The van der Waals surface area contributed by atoms with E-state index in [-0.39, 0.29) is 22.7 Å². The van der Waals surface area contributed by atoms with Crippen LogP contribution in [-0.4, -0.2) is 29.8 Å². The van der Waals surface area contributed by atoms with Crippen molar-refractivity contribution in [2.24, 2.45) is 28.9 Å². The highest BCUT2D eigenvalue weighted by atomic mass is 16.2. The number of hydrogen-bond acceptors (Lipinski definition) is 2. The first-order chi connectivity index (χ1) is 12.8. The van der Waals surface area contributed by atoms with Crippen molar-refractivity contribution in [3.8, 4) is 0 Å². The summed E-state index contributed by atoms with van der Waals surface area (Å²) in [7, 11) is 0. The molecule has 4 heteroatoms. The number of carbonyl (C=O) groups excluding carboxylic acids is 2. The third-order valence-electron chi connectivity index (χ3n) is 8.16. The van der Waals surface area contributed by atoms with E-state index in [1.165, 1.54) is 17.5 Å². The Hall–Kier alpha value is -1.84. The highest BCUT2D eigenvalue weighted by molar-refractivity contribution is 5.82. The standard InChI is InChI=1S/C23H30N2O2/c1-14(2)15-3-5-16(6-4-15)23-9-17(23)12-25(13-23)21(27)18-10-22(11-19(18)22)8-7-20(24)26/h3-6,14,17-19H,7-13H2,1-2H3,(H2,24,26)/t17?,18-,19?,22-,23?/m1/s1. The lowest BCUT2D eigenvalue weighted by molar-refractivity contribution is -0.140. The van der Waals surface area contributed by atoms with Gasteiger partial charge < -0.3 is 10.6 Å². The molecule has 2 N–H and O–H groups in total. The molecule has 1 aliphatic heterocycles. The van der Waals surface area contributed by atoms with Gasteiger partial charge in [-0.15, -0.1) is 0 Å². The summed E-state index contributed by atoms with van der Waals surface area (Å²) in [5, 5.41) is 0. The van der Waals surface area contributed by atoms with E-state index >= 15 is 0 Å². The molecule has 3 saturated carbocycles. The first kappa shape index (κ1) is 17.3. The van der Waals surface area contributed by atoms with Gasteiger partial charge in [-0.1, -0.05) is 38.1 Å². The molecule has 3 unspecified atom stereocenters. The first-order valence-electron chi connectivity index (χ1n) is 10.5. The fourth-order valence-corrected chi connectivity index (χ4v) is 6.16. The maximum Gasteiger partial charge on any atom is 0.226 e. The lowest BCUT2D eigenvalue weighted by Gasteiger charge is -2.36. The van der Waals surface area contributed by atoms with Crippen LogP contribution in [0.2, 0.25) is 0 Å². The molecule has 1 aromatic rings. The van der Waals surface area contributed by atoms with Gasteiger partial charge in [-0.05, 0) is 60.0 Å². The van der Waals surface area contributed by atoms with Gasteiger partial charge in [-0.2, -0.15) is 0 Å². The van der Waals surface area contributed by atoms with Gasteiger partial charge in [0.1, 0.15) is 0 Å². The van der Waals surface area contributed by atoms with E-state index < -0.39 is 0 Å². The van der Waals surface area contributed by atoms with Crippen LogP contribution in [0.25, 0.3) is 0 Å². The van der Waals surface area contributed by atoms with Crippen LogP contribution in [0.15, 0.2) is 24.3 Å². The molecule has 0 aromatic heterocycles. The van der Waals surface area contributed by atoms with Crippen molar-refractivity contribution >= 4 is 11.8 Å². The molecule has 0 radical (unpaired) electrons. The third kappa shape index (κ3) is 2.55. The van der Waals surface area contributed by atoms with Gasteiger partial charge in [-0.25, -0.2) is 0 Å². The van der Waals surface area contributed by atoms with Crippen molar-refractivity contribution in [3.05, 3.63) is 35.4 Å². The topological polar surface area (TPSA) is 63.4 Å². The molecule has 27 heavy (non-hydrogen) atoms.